The second kappa shape index (κ2) is 6.55. The number of halogens is 2. The van der Waals surface area contributed by atoms with Crippen LogP contribution in [0.25, 0.3) is 0 Å². The molecule has 0 aliphatic rings. The van der Waals surface area contributed by atoms with E-state index in [1.807, 2.05) is 0 Å². The fraction of sp³-hybridized carbons (Fsp3) is 0.250. The van der Waals surface area contributed by atoms with Crippen molar-refractivity contribution < 1.29 is 18.7 Å². The molecule has 2 rings (SSSR count). The van der Waals surface area contributed by atoms with E-state index in [0.717, 1.165) is 17.6 Å². The zero-order valence-electron chi connectivity index (χ0n) is 10.9. The molecule has 3 N–H and O–H groups in total. The first-order chi connectivity index (χ1) is 9.99. The number of amides is 2. The van der Waals surface area contributed by atoms with Gasteiger partial charge in [-0.25, -0.2) is 13.6 Å². The first-order valence-electron chi connectivity index (χ1n) is 5.88. The maximum Gasteiger partial charge on any atom is 0.324 e. The highest BCUT2D eigenvalue weighted by Crippen LogP contribution is 2.24. The smallest absolute Gasteiger partial charge is 0.324 e. The van der Waals surface area contributed by atoms with E-state index >= 15 is 0 Å². The van der Waals surface area contributed by atoms with Crippen LogP contribution < -0.4 is 10.6 Å². The number of rotatable bonds is 4. The molecule has 0 aliphatic heterocycles. The summed E-state index contributed by atoms with van der Waals surface area (Å²) in [6, 6.07) is 2.10. The minimum Gasteiger partial charge on any atom is -0.392 e. The number of nitrogens with one attached hydrogen (secondary N) is 2. The lowest BCUT2D eigenvalue weighted by Gasteiger charge is -2.10. The molecule has 0 saturated heterocycles. The lowest BCUT2D eigenvalue weighted by Crippen LogP contribution is -2.20. The van der Waals surface area contributed by atoms with E-state index < -0.39 is 12.5 Å². The number of hydrogen-bond donors (Lipinski definition) is 3. The number of aliphatic hydroxyl groups is 1. The van der Waals surface area contributed by atoms with Gasteiger partial charge in [-0.2, -0.15) is 4.37 Å². The molecule has 0 saturated carbocycles. The van der Waals surface area contributed by atoms with E-state index in [4.69, 9.17) is 0 Å². The zero-order valence-corrected chi connectivity index (χ0v) is 11.7. The summed E-state index contributed by atoms with van der Waals surface area (Å²) in [4.78, 5) is 15.8. The van der Waals surface area contributed by atoms with Gasteiger partial charge in [0.25, 0.3) is 6.43 Å². The zero-order chi connectivity index (χ0) is 15.4. The van der Waals surface area contributed by atoms with Crippen LogP contribution in [0.5, 0.6) is 0 Å². The van der Waals surface area contributed by atoms with Crippen LogP contribution in [0.2, 0.25) is 0 Å². The predicted molar refractivity (Wildman–Crippen MR) is 74.6 cm³/mol. The van der Waals surface area contributed by atoms with Crippen LogP contribution in [0.15, 0.2) is 18.3 Å². The molecule has 2 aromatic rings. The minimum absolute atomic E-state index is 0.208. The summed E-state index contributed by atoms with van der Waals surface area (Å²) in [5.41, 5.74) is 1.14. The standard InChI is InChI=1S/C12H12F2N4O2S/c1-6-2-8(7(5-19)4-15-6)16-12(20)17-10-3-9(11(13)14)18-21-10/h2-4,11,19H,5H2,1H3,(H2,15,16,17,20). The molecule has 9 heteroatoms. The number of urea groups is 1. The van der Waals surface area contributed by atoms with Gasteiger partial charge < -0.3 is 10.4 Å². The molecular weight excluding hydrogens is 302 g/mol. The van der Waals surface area contributed by atoms with Crippen LogP contribution >= 0.6 is 11.5 Å². The lowest BCUT2D eigenvalue weighted by molar-refractivity contribution is 0.147. The summed E-state index contributed by atoms with van der Waals surface area (Å²) < 4.78 is 28.3. The van der Waals surface area contributed by atoms with Gasteiger partial charge in [0.05, 0.1) is 12.3 Å². The number of aromatic nitrogens is 2. The highest BCUT2D eigenvalue weighted by molar-refractivity contribution is 7.10. The Morgan fingerprint density at radius 2 is 2.19 bits per heavy atom. The summed E-state index contributed by atoms with van der Waals surface area (Å²) in [5.74, 6) is 0. The number of aryl methyl sites for hydroxylation is 1. The quantitative estimate of drug-likeness (QED) is 0.810. The molecule has 0 spiro atoms. The Hall–Kier alpha value is -2.13. The van der Waals surface area contributed by atoms with Crippen molar-refractivity contribution in [2.45, 2.75) is 20.0 Å². The highest BCUT2D eigenvalue weighted by atomic mass is 32.1. The summed E-state index contributed by atoms with van der Waals surface area (Å²) in [6.45, 7) is 1.46. The molecule has 0 aromatic carbocycles. The Kier molecular flexibility index (Phi) is 4.76. The number of aliphatic hydroxyl groups excluding tert-OH is 1. The van der Waals surface area contributed by atoms with Crippen molar-refractivity contribution in [2.75, 3.05) is 10.6 Å². The van der Waals surface area contributed by atoms with E-state index in [1.54, 1.807) is 13.0 Å². The van der Waals surface area contributed by atoms with Crippen molar-refractivity contribution in [3.63, 3.8) is 0 Å². The van der Waals surface area contributed by atoms with Gasteiger partial charge in [0.1, 0.15) is 10.7 Å². The number of anilines is 2. The molecule has 6 nitrogen and oxygen atoms in total. The van der Waals surface area contributed by atoms with Crippen LogP contribution in [0, 0.1) is 6.92 Å². The van der Waals surface area contributed by atoms with E-state index in [1.165, 1.54) is 6.20 Å². The number of carbonyl (C=O) groups is 1. The maximum atomic E-state index is 12.4. The molecule has 0 unspecified atom stereocenters. The van der Waals surface area contributed by atoms with Crippen LogP contribution in [-0.2, 0) is 6.61 Å². The average Bonchev–Trinajstić information content (AvgIpc) is 2.87. The largest absolute Gasteiger partial charge is 0.392 e. The number of carbonyl (C=O) groups excluding carboxylic acids is 1. The Morgan fingerprint density at radius 3 is 2.81 bits per heavy atom. The second-order valence-corrected chi connectivity index (χ2v) is 4.94. The molecule has 21 heavy (non-hydrogen) atoms. The molecule has 112 valence electrons. The monoisotopic (exact) mass is 314 g/mol. The van der Waals surface area contributed by atoms with Gasteiger partial charge in [0, 0.05) is 23.5 Å². The third-order valence-electron chi connectivity index (χ3n) is 2.53. The highest BCUT2D eigenvalue weighted by Gasteiger charge is 2.14. The van der Waals surface area contributed by atoms with Gasteiger partial charge in [-0.3, -0.25) is 10.3 Å². The van der Waals surface area contributed by atoms with Crippen molar-refractivity contribution >= 4 is 28.3 Å². The molecule has 2 aromatic heterocycles. The Labute approximate surface area is 123 Å². The Balaban J connectivity index is 2.06. The summed E-state index contributed by atoms with van der Waals surface area (Å²) in [5, 5.41) is 14.3. The third-order valence-corrected chi connectivity index (χ3v) is 3.25. The van der Waals surface area contributed by atoms with Crippen molar-refractivity contribution in [2.24, 2.45) is 0 Å². The maximum absolute atomic E-state index is 12.4. The van der Waals surface area contributed by atoms with E-state index in [2.05, 4.69) is 20.0 Å². The summed E-state index contributed by atoms with van der Waals surface area (Å²) in [6.07, 6.45) is -1.23. The van der Waals surface area contributed by atoms with Gasteiger partial charge in [-0.05, 0) is 24.5 Å². The second-order valence-electron chi connectivity index (χ2n) is 4.14. The molecule has 0 aliphatic carbocycles. The summed E-state index contributed by atoms with van der Waals surface area (Å²) in [7, 11) is 0. The van der Waals surface area contributed by atoms with E-state index in [0.29, 0.717) is 16.9 Å². The van der Waals surface area contributed by atoms with Gasteiger partial charge in [-0.1, -0.05) is 0 Å². The fourth-order valence-corrected chi connectivity index (χ4v) is 2.19. The molecule has 0 radical (unpaired) electrons. The fourth-order valence-electron chi connectivity index (χ4n) is 1.55. The predicted octanol–water partition coefficient (Wildman–Crippen LogP) is 2.92. The van der Waals surface area contributed by atoms with E-state index in [-0.39, 0.29) is 17.3 Å². The van der Waals surface area contributed by atoms with Crippen LogP contribution in [0.3, 0.4) is 0 Å². The minimum atomic E-state index is -2.68. The first kappa shape index (κ1) is 15.3. The number of hydrogen-bond acceptors (Lipinski definition) is 5. The number of pyridine rings is 1. The van der Waals surface area contributed by atoms with Crippen LogP contribution in [0.4, 0.5) is 24.3 Å². The van der Waals surface area contributed by atoms with Crippen molar-refractivity contribution in [1.29, 1.82) is 0 Å². The molecule has 0 atom stereocenters. The molecule has 2 heterocycles. The summed E-state index contributed by atoms with van der Waals surface area (Å²) >= 11 is 0.766. The average molecular weight is 314 g/mol. The van der Waals surface area contributed by atoms with Gasteiger partial charge in [0.2, 0.25) is 0 Å². The Bertz CT molecular complexity index is 648. The van der Waals surface area contributed by atoms with Crippen molar-refractivity contribution in [3.05, 3.63) is 35.3 Å². The lowest BCUT2D eigenvalue weighted by atomic mass is 10.2. The molecule has 0 fully saturated rings. The normalized spacial score (nSPS) is 10.7. The van der Waals surface area contributed by atoms with Gasteiger partial charge in [-0.15, -0.1) is 0 Å². The number of nitrogens with zero attached hydrogens (tertiary/aromatic N) is 2. The third kappa shape index (κ3) is 3.92. The number of alkyl halides is 2. The van der Waals surface area contributed by atoms with Crippen LogP contribution in [0.1, 0.15) is 23.4 Å². The SMILES string of the molecule is Cc1cc(NC(=O)Nc2cc(C(F)F)ns2)c(CO)cn1. The Morgan fingerprint density at radius 1 is 1.43 bits per heavy atom. The molecule has 2 amide bonds. The van der Waals surface area contributed by atoms with Gasteiger partial charge in [0.15, 0.2) is 0 Å². The molecular formula is C12H12F2N4O2S. The van der Waals surface area contributed by atoms with Crippen molar-refractivity contribution in [1.82, 2.24) is 9.36 Å². The topological polar surface area (TPSA) is 87.1 Å². The van der Waals surface area contributed by atoms with Gasteiger partial charge >= 0.3 is 6.03 Å². The van der Waals surface area contributed by atoms with Crippen molar-refractivity contribution in [3.8, 4) is 0 Å². The van der Waals surface area contributed by atoms with Crippen LogP contribution in [-0.4, -0.2) is 20.5 Å². The van der Waals surface area contributed by atoms with E-state index in [9.17, 15) is 18.7 Å². The molecule has 0 bridgehead atoms. The first-order valence-corrected chi connectivity index (χ1v) is 6.66.